The summed E-state index contributed by atoms with van der Waals surface area (Å²) < 4.78 is 0. The maximum atomic E-state index is 13.0. The molecule has 0 aliphatic rings. The average Bonchev–Trinajstić information content (AvgIpc) is 2.73. The SMILES string of the molecule is CCc1cccc(C)c1NC(=O)[C@@H](NC(=O)Cc1cccc2ccccc12)C(C)C. The lowest BCUT2D eigenvalue weighted by molar-refractivity contribution is -0.127. The second kappa shape index (κ2) is 9.57. The minimum Gasteiger partial charge on any atom is -0.344 e. The Morgan fingerprint density at radius 3 is 2.30 bits per heavy atom. The lowest BCUT2D eigenvalue weighted by atomic mass is 9.99. The van der Waals surface area contributed by atoms with E-state index in [9.17, 15) is 9.59 Å². The van der Waals surface area contributed by atoms with Crippen LogP contribution in [0.2, 0.25) is 0 Å². The van der Waals surface area contributed by atoms with E-state index in [0.717, 1.165) is 39.6 Å². The number of nitrogens with one attached hydrogen (secondary N) is 2. The molecule has 0 unspecified atom stereocenters. The van der Waals surface area contributed by atoms with E-state index in [1.54, 1.807) is 0 Å². The Balaban J connectivity index is 1.75. The van der Waals surface area contributed by atoms with Crippen molar-refractivity contribution >= 4 is 28.3 Å². The standard InChI is InChI=1S/C26H30N2O2/c1-5-19-12-8-10-18(4)25(19)28-26(30)24(17(2)3)27-23(29)16-21-14-9-13-20-11-6-7-15-22(20)21/h6-15,17,24H,5,16H2,1-4H3,(H,27,29)(H,28,30)/t24-/m0/s1. The highest BCUT2D eigenvalue weighted by Crippen LogP contribution is 2.22. The molecule has 0 aliphatic carbocycles. The summed E-state index contributed by atoms with van der Waals surface area (Å²) in [5.41, 5.74) is 3.92. The number of anilines is 1. The lowest BCUT2D eigenvalue weighted by Crippen LogP contribution is -2.47. The van der Waals surface area contributed by atoms with Gasteiger partial charge in [0.15, 0.2) is 0 Å². The van der Waals surface area contributed by atoms with Gasteiger partial charge in [-0.25, -0.2) is 0 Å². The Labute approximate surface area is 178 Å². The summed E-state index contributed by atoms with van der Waals surface area (Å²) in [4.78, 5) is 25.9. The predicted octanol–water partition coefficient (Wildman–Crippen LogP) is 5.03. The Bertz CT molecular complexity index is 1050. The van der Waals surface area contributed by atoms with E-state index in [1.807, 2.05) is 81.4 Å². The number of rotatable bonds is 7. The van der Waals surface area contributed by atoms with E-state index in [2.05, 4.69) is 17.6 Å². The van der Waals surface area contributed by atoms with E-state index < -0.39 is 6.04 Å². The quantitative estimate of drug-likeness (QED) is 0.582. The van der Waals surface area contributed by atoms with Crippen LogP contribution in [-0.2, 0) is 22.4 Å². The van der Waals surface area contributed by atoms with Gasteiger partial charge in [0.25, 0.3) is 0 Å². The third-order valence-corrected chi connectivity index (χ3v) is 5.48. The molecule has 0 fully saturated rings. The molecular formula is C26H30N2O2. The van der Waals surface area contributed by atoms with Gasteiger partial charge >= 0.3 is 0 Å². The number of fused-ring (bicyclic) bond motifs is 1. The first kappa shape index (κ1) is 21.6. The third kappa shape index (κ3) is 4.88. The van der Waals surface area contributed by atoms with Crippen molar-refractivity contribution in [2.75, 3.05) is 5.32 Å². The van der Waals surface area contributed by atoms with E-state index in [0.29, 0.717) is 0 Å². The Morgan fingerprint density at radius 2 is 1.57 bits per heavy atom. The van der Waals surface area contributed by atoms with Gasteiger partial charge in [0.2, 0.25) is 11.8 Å². The van der Waals surface area contributed by atoms with Crippen molar-refractivity contribution in [2.24, 2.45) is 5.92 Å². The van der Waals surface area contributed by atoms with Crippen LogP contribution >= 0.6 is 0 Å². The van der Waals surface area contributed by atoms with Crippen molar-refractivity contribution in [3.63, 3.8) is 0 Å². The number of hydrogen-bond acceptors (Lipinski definition) is 2. The molecule has 30 heavy (non-hydrogen) atoms. The molecule has 0 heterocycles. The second-order valence-electron chi connectivity index (χ2n) is 8.06. The minimum atomic E-state index is -0.600. The number of aryl methyl sites for hydroxylation is 2. The number of benzene rings is 3. The van der Waals surface area contributed by atoms with Gasteiger partial charge in [0.1, 0.15) is 6.04 Å². The molecule has 0 aromatic heterocycles. The van der Waals surface area contributed by atoms with E-state index in [4.69, 9.17) is 0 Å². The van der Waals surface area contributed by atoms with Crippen LogP contribution in [0.1, 0.15) is 37.5 Å². The molecule has 0 saturated carbocycles. The summed E-state index contributed by atoms with van der Waals surface area (Å²) in [6, 6.07) is 19.4. The monoisotopic (exact) mass is 402 g/mol. The molecule has 4 nitrogen and oxygen atoms in total. The van der Waals surface area contributed by atoms with Crippen LogP contribution in [0.5, 0.6) is 0 Å². The van der Waals surface area contributed by atoms with Gasteiger partial charge in [-0.3, -0.25) is 9.59 Å². The molecule has 0 bridgehead atoms. The molecule has 3 aromatic carbocycles. The molecule has 3 aromatic rings. The molecular weight excluding hydrogens is 372 g/mol. The Kier molecular flexibility index (Phi) is 6.88. The predicted molar refractivity (Wildman–Crippen MR) is 124 cm³/mol. The first-order chi connectivity index (χ1) is 14.4. The molecule has 0 saturated heterocycles. The van der Waals surface area contributed by atoms with Gasteiger partial charge in [-0.15, -0.1) is 0 Å². The molecule has 0 radical (unpaired) electrons. The number of hydrogen-bond donors (Lipinski definition) is 2. The number of para-hydroxylation sites is 1. The van der Waals surface area contributed by atoms with Crippen molar-refractivity contribution in [2.45, 2.75) is 46.6 Å². The smallest absolute Gasteiger partial charge is 0.247 e. The second-order valence-corrected chi connectivity index (χ2v) is 8.06. The van der Waals surface area contributed by atoms with E-state index >= 15 is 0 Å². The number of carbonyl (C=O) groups is 2. The Morgan fingerprint density at radius 1 is 0.900 bits per heavy atom. The summed E-state index contributed by atoms with van der Waals surface area (Å²) in [5.74, 6) is -0.364. The molecule has 0 spiro atoms. The molecule has 156 valence electrons. The van der Waals surface area contributed by atoms with E-state index in [1.165, 1.54) is 0 Å². The molecule has 3 rings (SSSR count). The van der Waals surface area contributed by atoms with Crippen molar-refractivity contribution in [1.82, 2.24) is 5.32 Å². The largest absolute Gasteiger partial charge is 0.344 e. The van der Waals surface area contributed by atoms with Crippen LogP contribution in [0.3, 0.4) is 0 Å². The van der Waals surface area contributed by atoms with Gasteiger partial charge in [0.05, 0.1) is 6.42 Å². The average molecular weight is 403 g/mol. The highest BCUT2D eigenvalue weighted by Gasteiger charge is 2.25. The van der Waals surface area contributed by atoms with Gasteiger partial charge < -0.3 is 10.6 Å². The summed E-state index contributed by atoms with van der Waals surface area (Å²) in [6.45, 7) is 7.94. The van der Waals surface area contributed by atoms with Crippen LogP contribution in [-0.4, -0.2) is 17.9 Å². The Hall–Kier alpha value is -3.14. The van der Waals surface area contributed by atoms with Crippen LogP contribution < -0.4 is 10.6 Å². The highest BCUT2D eigenvalue weighted by atomic mass is 16.2. The van der Waals surface area contributed by atoms with E-state index in [-0.39, 0.29) is 24.2 Å². The summed E-state index contributed by atoms with van der Waals surface area (Å²) in [7, 11) is 0. The van der Waals surface area contributed by atoms with Crippen LogP contribution in [0.4, 0.5) is 5.69 Å². The maximum absolute atomic E-state index is 13.0. The van der Waals surface area contributed by atoms with Crippen LogP contribution in [0, 0.1) is 12.8 Å². The molecule has 1 atom stereocenters. The first-order valence-corrected chi connectivity index (χ1v) is 10.6. The fraction of sp³-hybridized carbons (Fsp3) is 0.308. The zero-order chi connectivity index (χ0) is 21.7. The topological polar surface area (TPSA) is 58.2 Å². The minimum absolute atomic E-state index is 0.0319. The fourth-order valence-corrected chi connectivity index (χ4v) is 3.78. The fourth-order valence-electron chi connectivity index (χ4n) is 3.78. The van der Waals surface area contributed by atoms with Crippen molar-refractivity contribution in [3.05, 3.63) is 77.4 Å². The maximum Gasteiger partial charge on any atom is 0.247 e. The van der Waals surface area contributed by atoms with Crippen LogP contribution in [0.25, 0.3) is 10.8 Å². The summed E-state index contributed by atoms with van der Waals surface area (Å²) in [5, 5.41) is 8.18. The highest BCUT2D eigenvalue weighted by molar-refractivity contribution is 5.99. The molecule has 0 aliphatic heterocycles. The van der Waals surface area contributed by atoms with Crippen molar-refractivity contribution in [3.8, 4) is 0 Å². The molecule has 4 heteroatoms. The normalized spacial score (nSPS) is 12.0. The van der Waals surface area contributed by atoms with Gasteiger partial charge in [0, 0.05) is 5.69 Å². The van der Waals surface area contributed by atoms with Gasteiger partial charge in [-0.2, -0.15) is 0 Å². The zero-order valence-electron chi connectivity index (χ0n) is 18.2. The third-order valence-electron chi connectivity index (χ3n) is 5.48. The van der Waals surface area contributed by atoms with Crippen LogP contribution in [0.15, 0.2) is 60.7 Å². The number of amides is 2. The number of carbonyl (C=O) groups excluding carboxylic acids is 2. The summed E-state index contributed by atoms with van der Waals surface area (Å²) in [6.07, 6.45) is 1.07. The lowest BCUT2D eigenvalue weighted by Gasteiger charge is -2.23. The first-order valence-electron chi connectivity index (χ1n) is 10.6. The summed E-state index contributed by atoms with van der Waals surface area (Å²) >= 11 is 0. The van der Waals surface area contributed by atoms with Gasteiger partial charge in [-0.1, -0.05) is 81.4 Å². The zero-order valence-corrected chi connectivity index (χ0v) is 18.2. The van der Waals surface area contributed by atoms with Gasteiger partial charge in [-0.05, 0) is 46.7 Å². The molecule has 2 amide bonds. The molecule has 2 N–H and O–H groups in total. The van der Waals surface area contributed by atoms with Crippen molar-refractivity contribution in [1.29, 1.82) is 0 Å². The van der Waals surface area contributed by atoms with Crippen molar-refractivity contribution < 1.29 is 9.59 Å².